The SMILES string of the molecule is CCCCCCCCCc1ccc(C(CCC(O)CSc2ccccc2C(=O)NCc2ccc(Cl)cc2)C(=O)OC)cc1. The number of benzene rings is 3. The van der Waals surface area contributed by atoms with Gasteiger partial charge in [-0.3, -0.25) is 9.59 Å². The Hall–Kier alpha value is -2.80. The summed E-state index contributed by atoms with van der Waals surface area (Å²) < 4.78 is 5.10. The fourth-order valence-corrected chi connectivity index (χ4v) is 6.21. The van der Waals surface area contributed by atoms with E-state index in [1.807, 2.05) is 42.5 Å². The van der Waals surface area contributed by atoms with Crippen LogP contribution in [0.15, 0.2) is 77.7 Å². The first-order chi connectivity index (χ1) is 20.9. The standard InChI is InChI=1S/C36H46ClNO4S/c1-3-4-5-6-7-8-9-12-27-15-19-29(20-16-27)32(36(41)42-2)24-23-31(39)26-43-34-14-11-10-13-33(34)35(40)38-25-28-17-21-30(37)22-18-28/h10-11,13-22,31-32,39H,3-9,12,23-26H2,1-2H3,(H,38,40). The van der Waals surface area contributed by atoms with Crippen LogP contribution in [0.3, 0.4) is 0 Å². The largest absolute Gasteiger partial charge is 0.469 e. The first-order valence-electron chi connectivity index (χ1n) is 15.5. The monoisotopic (exact) mass is 623 g/mol. The smallest absolute Gasteiger partial charge is 0.313 e. The minimum absolute atomic E-state index is 0.172. The van der Waals surface area contributed by atoms with Gasteiger partial charge in [0.25, 0.3) is 5.91 Å². The molecule has 3 aromatic rings. The van der Waals surface area contributed by atoms with E-state index >= 15 is 0 Å². The molecule has 0 spiro atoms. The van der Waals surface area contributed by atoms with Crippen molar-refractivity contribution in [2.24, 2.45) is 0 Å². The third-order valence-corrected chi connectivity index (χ3v) is 9.13. The van der Waals surface area contributed by atoms with Crippen molar-refractivity contribution in [2.75, 3.05) is 12.9 Å². The number of aliphatic hydroxyl groups is 1. The van der Waals surface area contributed by atoms with Gasteiger partial charge in [-0.15, -0.1) is 11.8 Å². The molecule has 7 heteroatoms. The Morgan fingerprint density at radius 2 is 1.51 bits per heavy atom. The highest BCUT2D eigenvalue weighted by molar-refractivity contribution is 7.99. The molecule has 0 aliphatic heterocycles. The molecule has 0 saturated carbocycles. The molecule has 0 aliphatic rings. The van der Waals surface area contributed by atoms with Crippen molar-refractivity contribution in [3.05, 3.63) is 100 Å². The van der Waals surface area contributed by atoms with Crippen LogP contribution in [0.2, 0.25) is 5.02 Å². The molecule has 0 aliphatic carbocycles. The van der Waals surface area contributed by atoms with Crippen molar-refractivity contribution < 1.29 is 19.4 Å². The van der Waals surface area contributed by atoms with Gasteiger partial charge in [0.15, 0.2) is 0 Å². The zero-order valence-corrected chi connectivity index (χ0v) is 27.1. The lowest BCUT2D eigenvalue weighted by atomic mass is 9.92. The molecule has 0 radical (unpaired) electrons. The van der Waals surface area contributed by atoms with Crippen LogP contribution in [0.4, 0.5) is 0 Å². The quantitative estimate of drug-likeness (QED) is 0.0793. The number of rotatable bonds is 19. The Morgan fingerprint density at radius 1 is 0.860 bits per heavy atom. The predicted molar refractivity (Wildman–Crippen MR) is 178 cm³/mol. The van der Waals surface area contributed by atoms with Crippen molar-refractivity contribution in [2.45, 2.75) is 94.6 Å². The Kier molecular flexibility index (Phi) is 15.7. The van der Waals surface area contributed by atoms with Crippen LogP contribution in [0, 0.1) is 0 Å². The van der Waals surface area contributed by atoms with Gasteiger partial charge < -0.3 is 15.2 Å². The normalized spacial score (nSPS) is 12.5. The van der Waals surface area contributed by atoms with Crippen LogP contribution in [0.5, 0.6) is 0 Å². The third-order valence-electron chi connectivity index (χ3n) is 7.65. The number of thioether (sulfide) groups is 1. The number of carbonyl (C=O) groups excluding carboxylic acids is 2. The van der Waals surface area contributed by atoms with Gasteiger partial charge in [-0.1, -0.05) is 106 Å². The van der Waals surface area contributed by atoms with Crippen LogP contribution >= 0.6 is 23.4 Å². The average molecular weight is 624 g/mol. The highest BCUT2D eigenvalue weighted by Gasteiger charge is 2.23. The summed E-state index contributed by atoms with van der Waals surface area (Å²) in [6.45, 7) is 2.64. The highest BCUT2D eigenvalue weighted by Crippen LogP contribution is 2.28. The van der Waals surface area contributed by atoms with Crippen LogP contribution in [-0.4, -0.2) is 35.9 Å². The van der Waals surface area contributed by atoms with Gasteiger partial charge in [-0.05, 0) is 66.6 Å². The van der Waals surface area contributed by atoms with E-state index in [4.69, 9.17) is 16.3 Å². The summed E-state index contributed by atoms with van der Waals surface area (Å²) in [6.07, 6.45) is 10.3. The number of unbranched alkanes of at least 4 members (excludes halogenated alkanes) is 6. The fourth-order valence-electron chi connectivity index (χ4n) is 5.05. The van der Waals surface area contributed by atoms with Crippen molar-refractivity contribution >= 4 is 35.2 Å². The number of aliphatic hydroxyl groups excluding tert-OH is 1. The van der Waals surface area contributed by atoms with Crippen molar-refractivity contribution in [1.82, 2.24) is 5.32 Å². The maximum absolute atomic E-state index is 12.9. The number of carbonyl (C=O) groups is 2. The molecule has 1 amide bonds. The summed E-state index contributed by atoms with van der Waals surface area (Å²) in [7, 11) is 1.41. The number of methoxy groups -OCH3 is 1. The summed E-state index contributed by atoms with van der Waals surface area (Å²) >= 11 is 7.39. The zero-order chi connectivity index (χ0) is 30.9. The van der Waals surface area contributed by atoms with Crippen molar-refractivity contribution in [3.8, 4) is 0 Å². The number of aryl methyl sites for hydroxylation is 1. The van der Waals surface area contributed by atoms with Gasteiger partial charge in [0.05, 0.1) is 24.7 Å². The van der Waals surface area contributed by atoms with Crippen LogP contribution in [0.1, 0.15) is 97.7 Å². The first-order valence-corrected chi connectivity index (χ1v) is 16.9. The molecule has 2 atom stereocenters. The van der Waals surface area contributed by atoms with Gasteiger partial charge in [-0.2, -0.15) is 0 Å². The zero-order valence-electron chi connectivity index (χ0n) is 25.5. The third kappa shape index (κ3) is 12.4. The van der Waals surface area contributed by atoms with E-state index < -0.39 is 12.0 Å². The van der Waals surface area contributed by atoms with Crippen LogP contribution in [-0.2, 0) is 22.5 Å². The molecule has 3 rings (SSSR count). The number of hydrogen-bond donors (Lipinski definition) is 2. The summed E-state index contributed by atoms with van der Waals surface area (Å²) in [5, 5.41) is 14.4. The maximum atomic E-state index is 12.9. The number of amides is 1. The maximum Gasteiger partial charge on any atom is 0.313 e. The van der Waals surface area contributed by atoms with Gasteiger partial charge in [0.1, 0.15) is 0 Å². The van der Waals surface area contributed by atoms with E-state index in [2.05, 4.69) is 24.4 Å². The molecule has 232 valence electrons. The summed E-state index contributed by atoms with van der Waals surface area (Å²) in [6, 6.07) is 23.0. The molecule has 3 aromatic carbocycles. The number of nitrogens with one attached hydrogen (secondary N) is 1. The summed E-state index contributed by atoms with van der Waals surface area (Å²) in [5.74, 6) is -0.480. The molecule has 0 aromatic heterocycles. The second-order valence-electron chi connectivity index (χ2n) is 11.0. The molecule has 0 heterocycles. The summed E-state index contributed by atoms with van der Waals surface area (Å²) in [4.78, 5) is 26.4. The number of halogens is 1. The fraction of sp³-hybridized carbons (Fsp3) is 0.444. The molecule has 5 nitrogen and oxygen atoms in total. The Labute approximate surface area is 266 Å². The van der Waals surface area contributed by atoms with Crippen LogP contribution in [0.25, 0.3) is 0 Å². The topological polar surface area (TPSA) is 75.6 Å². The minimum Gasteiger partial charge on any atom is -0.469 e. The lowest BCUT2D eigenvalue weighted by Gasteiger charge is -2.18. The van der Waals surface area contributed by atoms with Crippen molar-refractivity contribution in [1.29, 1.82) is 0 Å². The molecule has 0 bridgehead atoms. The Bertz CT molecular complexity index is 1250. The first kappa shape index (κ1) is 34.7. The second-order valence-corrected chi connectivity index (χ2v) is 12.5. The minimum atomic E-state index is -0.640. The van der Waals surface area contributed by atoms with E-state index in [1.54, 1.807) is 18.2 Å². The van der Waals surface area contributed by atoms with E-state index in [1.165, 1.54) is 69.4 Å². The molecule has 2 N–H and O–H groups in total. The lowest BCUT2D eigenvalue weighted by molar-refractivity contribution is -0.142. The summed E-state index contributed by atoms with van der Waals surface area (Å²) in [5.41, 5.74) is 3.73. The van der Waals surface area contributed by atoms with Gasteiger partial charge in [0.2, 0.25) is 0 Å². The average Bonchev–Trinajstić information content (AvgIpc) is 3.03. The molecular formula is C36H46ClNO4S. The Morgan fingerprint density at radius 3 is 2.21 bits per heavy atom. The lowest BCUT2D eigenvalue weighted by Crippen LogP contribution is -2.23. The predicted octanol–water partition coefficient (Wildman–Crippen LogP) is 8.75. The van der Waals surface area contributed by atoms with E-state index in [-0.39, 0.29) is 11.9 Å². The van der Waals surface area contributed by atoms with Crippen LogP contribution < -0.4 is 5.32 Å². The molecule has 0 saturated heterocycles. The van der Waals surface area contributed by atoms with E-state index in [0.717, 1.165) is 22.4 Å². The van der Waals surface area contributed by atoms with Crippen molar-refractivity contribution in [3.63, 3.8) is 0 Å². The van der Waals surface area contributed by atoms with Gasteiger partial charge in [0, 0.05) is 22.2 Å². The molecule has 0 fully saturated rings. The Balaban J connectivity index is 1.48. The molecule has 2 unspecified atom stereocenters. The van der Waals surface area contributed by atoms with Gasteiger partial charge >= 0.3 is 5.97 Å². The van der Waals surface area contributed by atoms with Gasteiger partial charge in [-0.25, -0.2) is 0 Å². The number of esters is 1. The number of hydrogen-bond acceptors (Lipinski definition) is 5. The molecule has 43 heavy (non-hydrogen) atoms. The highest BCUT2D eigenvalue weighted by atomic mass is 35.5. The van der Waals surface area contributed by atoms with E-state index in [9.17, 15) is 14.7 Å². The molecular weight excluding hydrogens is 578 g/mol. The van der Waals surface area contributed by atoms with E-state index in [0.29, 0.717) is 35.7 Å². The number of ether oxygens (including phenoxy) is 1. The second kappa shape index (κ2) is 19.5.